The molecule has 9 nitrogen and oxygen atoms in total. The molecule has 2 N–H and O–H groups in total. The number of aromatic nitrogens is 1. The van der Waals surface area contributed by atoms with E-state index in [4.69, 9.17) is 10.5 Å². The van der Waals surface area contributed by atoms with E-state index in [2.05, 4.69) is 19.7 Å². The van der Waals surface area contributed by atoms with E-state index < -0.39 is 5.54 Å². The van der Waals surface area contributed by atoms with Gasteiger partial charge in [-0.25, -0.2) is 4.98 Å². The lowest BCUT2D eigenvalue weighted by Gasteiger charge is -2.48. The van der Waals surface area contributed by atoms with Crippen molar-refractivity contribution in [1.82, 2.24) is 19.7 Å². The van der Waals surface area contributed by atoms with Crippen LogP contribution in [0.25, 0.3) is 0 Å². The highest BCUT2D eigenvalue weighted by Crippen LogP contribution is 2.29. The number of hydrogen-bond donors (Lipinski definition) is 1. The van der Waals surface area contributed by atoms with Gasteiger partial charge in [0.1, 0.15) is 11.4 Å². The van der Waals surface area contributed by atoms with Crippen LogP contribution in [-0.4, -0.2) is 109 Å². The average molecular weight is 417 g/mol. The van der Waals surface area contributed by atoms with Crippen LogP contribution in [0.4, 0.5) is 5.82 Å². The highest BCUT2D eigenvalue weighted by Gasteiger charge is 2.45. The molecule has 164 valence electrons. The Balaban J connectivity index is 1.27. The first-order chi connectivity index (χ1) is 14.6. The highest BCUT2D eigenvalue weighted by molar-refractivity contribution is 5.85. The first-order valence-corrected chi connectivity index (χ1v) is 10.9. The molecule has 2 amide bonds. The summed E-state index contributed by atoms with van der Waals surface area (Å²) in [5.74, 6) is 0.876. The van der Waals surface area contributed by atoms with Gasteiger partial charge in [0.05, 0.1) is 19.8 Å². The van der Waals surface area contributed by atoms with Crippen LogP contribution in [0.1, 0.15) is 12.8 Å². The predicted octanol–water partition coefficient (Wildman–Crippen LogP) is -0.618. The molecule has 9 heteroatoms. The van der Waals surface area contributed by atoms with Crippen molar-refractivity contribution < 1.29 is 14.3 Å². The smallest absolute Gasteiger partial charge is 0.238 e. The van der Waals surface area contributed by atoms with Crippen molar-refractivity contribution in [1.29, 1.82) is 0 Å². The molecule has 0 spiro atoms. The number of piperidine rings is 1. The zero-order chi connectivity index (χ0) is 21.0. The third-order valence-corrected chi connectivity index (χ3v) is 6.72. The molecular formula is C21H32N6O3. The second kappa shape index (κ2) is 9.28. The molecule has 30 heavy (non-hydrogen) atoms. The molecule has 0 aliphatic carbocycles. The van der Waals surface area contributed by atoms with E-state index in [9.17, 15) is 9.59 Å². The van der Waals surface area contributed by atoms with E-state index in [1.807, 2.05) is 23.1 Å². The van der Waals surface area contributed by atoms with E-state index in [-0.39, 0.29) is 11.8 Å². The van der Waals surface area contributed by atoms with Gasteiger partial charge in [0.15, 0.2) is 0 Å². The largest absolute Gasteiger partial charge is 0.379 e. The number of pyridine rings is 1. The van der Waals surface area contributed by atoms with E-state index in [0.29, 0.717) is 58.8 Å². The standard InChI is InChI=1S/C21H32N6O3/c22-20(29)21(27-13-15-30-16-14-27)4-7-24(8-5-21)17-19(28)26-11-9-25(10-12-26)18-3-1-2-6-23-18/h1-3,6H,4-5,7-17H2,(H2,22,29). The zero-order valence-corrected chi connectivity index (χ0v) is 17.5. The Morgan fingerprint density at radius 1 is 1.00 bits per heavy atom. The summed E-state index contributed by atoms with van der Waals surface area (Å²) in [5.41, 5.74) is 5.23. The van der Waals surface area contributed by atoms with Gasteiger partial charge < -0.3 is 20.3 Å². The quantitative estimate of drug-likeness (QED) is 0.684. The molecule has 0 radical (unpaired) electrons. The number of carbonyl (C=O) groups is 2. The number of carbonyl (C=O) groups excluding carboxylic acids is 2. The molecule has 3 aliphatic heterocycles. The average Bonchev–Trinajstić information content (AvgIpc) is 2.81. The number of nitrogens with two attached hydrogens (primary N) is 1. The number of morpholine rings is 1. The summed E-state index contributed by atoms with van der Waals surface area (Å²) in [6.45, 7) is 7.59. The Bertz CT molecular complexity index is 724. The van der Waals surface area contributed by atoms with Gasteiger partial charge in [-0.3, -0.25) is 19.4 Å². The van der Waals surface area contributed by atoms with Crippen molar-refractivity contribution in [3.8, 4) is 0 Å². The maximum Gasteiger partial charge on any atom is 0.238 e. The van der Waals surface area contributed by atoms with Crippen LogP contribution < -0.4 is 10.6 Å². The summed E-state index contributed by atoms with van der Waals surface area (Å²) in [4.78, 5) is 38.1. The Labute approximate surface area is 177 Å². The van der Waals surface area contributed by atoms with Crippen LogP contribution in [0, 0.1) is 0 Å². The minimum atomic E-state index is -0.600. The Morgan fingerprint density at radius 3 is 2.30 bits per heavy atom. The minimum Gasteiger partial charge on any atom is -0.379 e. The normalized spacial score (nSPS) is 23.3. The Kier molecular flexibility index (Phi) is 6.50. The van der Waals surface area contributed by atoms with Crippen molar-refractivity contribution in [2.75, 3.05) is 77.0 Å². The summed E-state index contributed by atoms with van der Waals surface area (Å²) in [6.07, 6.45) is 3.14. The number of nitrogens with zero attached hydrogens (tertiary/aromatic N) is 5. The van der Waals surface area contributed by atoms with Crippen LogP contribution in [0.3, 0.4) is 0 Å². The maximum absolute atomic E-state index is 12.8. The van der Waals surface area contributed by atoms with Gasteiger partial charge in [0, 0.05) is 58.6 Å². The van der Waals surface area contributed by atoms with Crippen molar-refractivity contribution in [2.24, 2.45) is 5.73 Å². The number of piperazine rings is 1. The van der Waals surface area contributed by atoms with Gasteiger partial charge >= 0.3 is 0 Å². The number of primary amides is 1. The molecule has 0 atom stereocenters. The Morgan fingerprint density at radius 2 is 1.70 bits per heavy atom. The zero-order valence-electron chi connectivity index (χ0n) is 17.5. The number of rotatable bonds is 5. The van der Waals surface area contributed by atoms with E-state index in [1.54, 1.807) is 6.20 Å². The first-order valence-electron chi connectivity index (χ1n) is 10.9. The molecule has 3 aliphatic rings. The van der Waals surface area contributed by atoms with Gasteiger partial charge in [0.2, 0.25) is 11.8 Å². The van der Waals surface area contributed by atoms with Gasteiger partial charge in [-0.05, 0) is 25.0 Å². The first kappa shape index (κ1) is 21.0. The highest BCUT2D eigenvalue weighted by atomic mass is 16.5. The molecule has 1 aromatic rings. The molecule has 0 unspecified atom stereocenters. The number of hydrogen-bond acceptors (Lipinski definition) is 7. The molecule has 0 bridgehead atoms. The molecule has 1 aromatic heterocycles. The molecule has 4 heterocycles. The molecule has 0 saturated carbocycles. The Hall–Kier alpha value is -2.23. The lowest BCUT2D eigenvalue weighted by Crippen LogP contribution is -2.65. The fourth-order valence-corrected chi connectivity index (χ4v) is 4.81. The summed E-state index contributed by atoms with van der Waals surface area (Å²) in [7, 11) is 0. The van der Waals surface area contributed by atoms with Crippen LogP contribution in [0.15, 0.2) is 24.4 Å². The summed E-state index contributed by atoms with van der Waals surface area (Å²) in [5, 5.41) is 0. The van der Waals surface area contributed by atoms with Gasteiger partial charge in [-0.2, -0.15) is 0 Å². The van der Waals surface area contributed by atoms with Crippen molar-refractivity contribution >= 4 is 17.6 Å². The maximum atomic E-state index is 12.8. The molecule has 3 fully saturated rings. The molecule has 3 saturated heterocycles. The second-order valence-corrected chi connectivity index (χ2v) is 8.33. The van der Waals surface area contributed by atoms with Crippen molar-refractivity contribution in [3.63, 3.8) is 0 Å². The van der Waals surface area contributed by atoms with Gasteiger partial charge in [-0.15, -0.1) is 0 Å². The number of anilines is 1. The fraction of sp³-hybridized carbons (Fsp3) is 0.667. The van der Waals surface area contributed by atoms with E-state index in [0.717, 1.165) is 32.0 Å². The summed E-state index contributed by atoms with van der Waals surface area (Å²) >= 11 is 0. The van der Waals surface area contributed by atoms with Gasteiger partial charge in [-0.1, -0.05) is 6.07 Å². The number of amides is 2. The van der Waals surface area contributed by atoms with E-state index in [1.165, 1.54) is 0 Å². The van der Waals surface area contributed by atoms with E-state index >= 15 is 0 Å². The van der Waals surface area contributed by atoms with Crippen LogP contribution in [0.2, 0.25) is 0 Å². The lowest BCUT2D eigenvalue weighted by atomic mass is 9.84. The SMILES string of the molecule is NC(=O)C1(N2CCOCC2)CCN(CC(=O)N2CCN(c3ccccn3)CC2)CC1. The predicted molar refractivity (Wildman–Crippen MR) is 113 cm³/mol. The van der Waals surface area contributed by atoms with Crippen molar-refractivity contribution in [3.05, 3.63) is 24.4 Å². The monoisotopic (exact) mass is 416 g/mol. The number of likely N-dealkylation sites (tertiary alicyclic amines) is 1. The van der Waals surface area contributed by atoms with Gasteiger partial charge in [0.25, 0.3) is 0 Å². The number of ether oxygens (including phenoxy) is 1. The third-order valence-electron chi connectivity index (χ3n) is 6.72. The topological polar surface area (TPSA) is 95.2 Å². The molecule has 0 aromatic carbocycles. The summed E-state index contributed by atoms with van der Waals surface area (Å²) in [6, 6.07) is 5.90. The summed E-state index contributed by atoms with van der Waals surface area (Å²) < 4.78 is 5.43. The van der Waals surface area contributed by atoms with Crippen molar-refractivity contribution in [2.45, 2.75) is 18.4 Å². The second-order valence-electron chi connectivity index (χ2n) is 8.33. The van der Waals surface area contributed by atoms with Crippen LogP contribution in [-0.2, 0) is 14.3 Å². The third kappa shape index (κ3) is 4.43. The van der Waals surface area contributed by atoms with Crippen LogP contribution >= 0.6 is 0 Å². The molecular weight excluding hydrogens is 384 g/mol. The van der Waals surface area contributed by atoms with Crippen LogP contribution in [0.5, 0.6) is 0 Å². The fourth-order valence-electron chi connectivity index (χ4n) is 4.81. The molecule has 4 rings (SSSR count). The lowest BCUT2D eigenvalue weighted by molar-refractivity contribution is -0.139. The minimum absolute atomic E-state index is 0.161.